The summed E-state index contributed by atoms with van der Waals surface area (Å²) >= 11 is 0. The summed E-state index contributed by atoms with van der Waals surface area (Å²) in [6.07, 6.45) is -1.16. The van der Waals surface area contributed by atoms with E-state index in [-0.39, 0.29) is 26.5 Å². The summed E-state index contributed by atoms with van der Waals surface area (Å²) in [5.41, 5.74) is 5.66. The molecule has 0 N–H and O–H groups in total. The van der Waals surface area contributed by atoms with Crippen LogP contribution in [0, 0.1) is 6.92 Å². The van der Waals surface area contributed by atoms with Crippen molar-refractivity contribution in [1.29, 1.82) is 0 Å². The topological polar surface area (TPSA) is 79.8 Å². The van der Waals surface area contributed by atoms with Gasteiger partial charge in [0, 0.05) is 34.6 Å². The molecular weight excluding hydrogens is 672 g/mol. The molecule has 5 aromatic rings. The second kappa shape index (κ2) is 11.6. The minimum absolute atomic E-state index is 0. The van der Waals surface area contributed by atoms with Crippen molar-refractivity contribution in [2.45, 2.75) is 52.6 Å². The maximum absolute atomic E-state index is 11.8. The van der Waals surface area contributed by atoms with Crippen LogP contribution >= 0.6 is 0 Å². The number of benzene rings is 1. The van der Waals surface area contributed by atoms with E-state index in [0.717, 1.165) is 81.4 Å². The van der Waals surface area contributed by atoms with Gasteiger partial charge in [0.15, 0.2) is 0 Å². The summed E-state index contributed by atoms with van der Waals surface area (Å²) in [6.45, 7) is 10.6. The molecule has 0 saturated carbocycles. The van der Waals surface area contributed by atoms with Crippen molar-refractivity contribution in [1.82, 2.24) is 30.4 Å². The monoisotopic (exact) mass is 699 g/mol. The van der Waals surface area contributed by atoms with Crippen LogP contribution in [0.4, 0.5) is 13.2 Å². The number of pyridine rings is 2. The number of hydrogen-bond donors (Lipinski definition) is 0. The predicted octanol–water partition coefficient (Wildman–Crippen LogP) is 6.54. The zero-order valence-electron chi connectivity index (χ0n) is 21.6. The van der Waals surface area contributed by atoms with E-state index in [2.05, 4.69) is 78.2 Å². The van der Waals surface area contributed by atoms with E-state index in [4.69, 9.17) is 4.98 Å². The first kappa shape index (κ1) is 29.2. The fraction of sp³-hybridized carbons (Fsp3) is 0.286. The summed E-state index contributed by atoms with van der Waals surface area (Å²) in [5.74, 6) is 0. The molecule has 38 heavy (non-hydrogen) atoms. The molecule has 6 nitrogen and oxygen atoms in total. The number of aryl methyl sites for hydroxylation is 1. The van der Waals surface area contributed by atoms with Crippen LogP contribution in [0.2, 0.25) is 0 Å². The molecule has 0 bridgehead atoms. The number of fused-ring (bicyclic) bond motifs is 1. The Hall–Kier alpha value is -3.32. The molecule has 0 radical (unpaired) electrons. The molecule has 0 atom stereocenters. The third-order valence-electron chi connectivity index (χ3n) is 5.93. The van der Waals surface area contributed by atoms with Gasteiger partial charge in [-0.2, -0.15) is 13.2 Å². The Morgan fingerprint density at radius 3 is 2.13 bits per heavy atom. The molecule has 0 aliphatic rings. The van der Waals surface area contributed by atoms with Crippen LogP contribution in [-0.2, 0) is 39.1 Å². The van der Waals surface area contributed by atoms with Crippen LogP contribution in [0.1, 0.15) is 50.2 Å². The number of halogens is 3. The van der Waals surface area contributed by atoms with Crippen LogP contribution < -0.4 is 10.2 Å². The summed E-state index contributed by atoms with van der Waals surface area (Å²) < 4.78 is 35.3. The van der Waals surface area contributed by atoms with E-state index in [1.807, 2.05) is 18.2 Å². The van der Waals surface area contributed by atoms with Crippen LogP contribution in [0.3, 0.4) is 0 Å². The van der Waals surface area contributed by atoms with Crippen molar-refractivity contribution in [3.05, 3.63) is 83.4 Å². The Morgan fingerprint density at radius 1 is 0.895 bits per heavy atom. The Labute approximate surface area is 233 Å². The van der Waals surface area contributed by atoms with Crippen molar-refractivity contribution < 1.29 is 34.2 Å². The molecule has 0 fully saturated rings. The second-order valence-electron chi connectivity index (χ2n) is 9.65. The molecule has 0 unspecified atom stereocenters. The zero-order chi connectivity index (χ0) is 26.8. The molecule has 0 aliphatic heterocycles. The Kier molecular flexibility index (Phi) is 8.93. The molecular formula is C28H27F3N6Pt. The summed E-state index contributed by atoms with van der Waals surface area (Å²) in [4.78, 5) is 8.40. The average Bonchev–Trinajstić information content (AvgIpc) is 3.51. The normalized spacial score (nSPS) is 11.6. The SMILES string of the molecule is CCc1n[n-]c(-c2cc3ccccc3c(-c3cc(C(C)(C)C)n[n-]3)n2)c1C.FC(F)(F)c1ccncc1.[Pt+2]. The van der Waals surface area contributed by atoms with E-state index in [9.17, 15) is 13.2 Å². The van der Waals surface area contributed by atoms with Crippen LogP contribution in [0.15, 0.2) is 60.9 Å². The minimum Gasteiger partial charge on any atom is -0.573 e. The van der Waals surface area contributed by atoms with Gasteiger partial charge in [0.2, 0.25) is 0 Å². The van der Waals surface area contributed by atoms with E-state index in [1.54, 1.807) is 0 Å². The van der Waals surface area contributed by atoms with E-state index >= 15 is 0 Å². The zero-order valence-corrected chi connectivity index (χ0v) is 23.9. The van der Waals surface area contributed by atoms with E-state index < -0.39 is 11.7 Å². The second-order valence-corrected chi connectivity index (χ2v) is 9.65. The smallest absolute Gasteiger partial charge is 0.573 e. The first-order valence-corrected chi connectivity index (χ1v) is 11.9. The van der Waals surface area contributed by atoms with Crippen molar-refractivity contribution in [2.24, 2.45) is 0 Å². The first-order valence-electron chi connectivity index (χ1n) is 11.9. The molecule has 0 amide bonds. The van der Waals surface area contributed by atoms with Gasteiger partial charge < -0.3 is 20.4 Å². The van der Waals surface area contributed by atoms with Gasteiger partial charge >= 0.3 is 27.2 Å². The van der Waals surface area contributed by atoms with Gasteiger partial charge in [-0.25, -0.2) is 0 Å². The van der Waals surface area contributed by atoms with Crippen molar-refractivity contribution in [3.8, 4) is 22.8 Å². The molecule has 200 valence electrons. The number of nitrogens with zero attached hydrogens (tertiary/aromatic N) is 6. The van der Waals surface area contributed by atoms with Gasteiger partial charge in [0.05, 0.1) is 17.0 Å². The molecule has 0 spiro atoms. The molecule has 4 heterocycles. The number of hydrogen-bond acceptors (Lipinski definition) is 4. The molecule has 5 rings (SSSR count). The fourth-order valence-corrected chi connectivity index (χ4v) is 3.81. The number of alkyl halides is 3. The Balaban J connectivity index is 0.000000308. The maximum Gasteiger partial charge on any atom is 2.00 e. The van der Waals surface area contributed by atoms with Crippen molar-refractivity contribution in [3.63, 3.8) is 0 Å². The largest absolute Gasteiger partial charge is 2.00 e. The van der Waals surface area contributed by atoms with Gasteiger partial charge in [0.1, 0.15) is 0 Å². The average molecular weight is 700 g/mol. The minimum atomic E-state index is -4.25. The molecule has 4 aromatic heterocycles. The standard InChI is InChI=1S/C22H23N5.C6H4F3N.Pt/c1-6-16-13(2)20(27-24-16)17-11-14-9-7-8-10-15(14)21(23-17)18-12-19(26-25-18)22(3,4)5;7-6(8,9)5-1-3-10-4-2-5;/h7-12H,6H2,1-5H3;1-4H;/q-2;;+2. The van der Waals surface area contributed by atoms with Gasteiger partial charge in [-0.05, 0) is 42.5 Å². The van der Waals surface area contributed by atoms with Crippen LogP contribution in [0.5, 0.6) is 0 Å². The van der Waals surface area contributed by atoms with E-state index in [1.165, 1.54) is 0 Å². The van der Waals surface area contributed by atoms with Crippen LogP contribution in [0.25, 0.3) is 33.5 Å². The molecule has 0 saturated heterocycles. The maximum atomic E-state index is 11.8. The number of rotatable bonds is 3. The van der Waals surface area contributed by atoms with E-state index in [0.29, 0.717) is 0 Å². The predicted molar refractivity (Wildman–Crippen MR) is 137 cm³/mol. The van der Waals surface area contributed by atoms with Gasteiger partial charge in [-0.1, -0.05) is 69.4 Å². The Bertz CT molecular complexity index is 1500. The van der Waals surface area contributed by atoms with Crippen molar-refractivity contribution >= 4 is 10.8 Å². The summed E-state index contributed by atoms with van der Waals surface area (Å²) in [6, 6.07) is 14.2. The number of aromatic nitrogens is 6. The third-order valence-corrected chi connectivity index (χ3v) is 5.93. The molecule has 1 aromatic carbocycles. The quantitative estimate of drug-likeness (QED) is 0.213. The third kappa shape index (κ3) is 6.38. The van der Waals surface area contributed by atoms with Gasteiger partial charge in [-0.3, -0.25) is 9.97 Å². The summed E-state index contributed by atoms with van der Waals surface area (Å²) in [5, 5.41) is 19.7. The molecule has 0 aliphatic carbocycles. The van der Waals surface area contributed by atoms with Crippen LogP contribution in [-0.4, -0.2) is 20.2 Å². The fourth-order valence-electron chi connectivity index (χ4n) is 3.81. The van der Waals surface area contributed by atoms with Gasteiger partial charge in [-0.15, -0.1) is 0 Å². The van der Waals surface area contributed by atoms with Gasteiger partial charge in [0.25, 0.3) is 0 Å². The Morgan fingerprint density at radius 2 is 1.58 bits per heavy atom. The van der Waals surface area contributed by atoms with Crippen molar-refractivity contribution in [2.75, 3.05) is 0 Å². The molecule has 10 heteroatoms. The summed E-state index contributed by atoms with van der Waals surface area (Å²) in [7, 11) is 0. The first-order chi connectivity index (χ1) is 17.5.